The number of hydrogen-bond acceptors (Lipinski definition) is 4. The summed E-state index contributed by atoms with van der Waals surface area (Å²) in [7, 11) is 0. The van der Waals surface area contributed by atoms with Crippen molar-refractivity contribution in [2.45, 2.75) is 26.9 Å². The molecule has 0 aliphatic carbocycles. The van der Waals surface area contributed by atoms with Gasteiger partial charge >= 0.3 is 0 Å². The highest BCUT2D eigenvalue weighted by Gasteiger charge is 2.16. The van der Waals surface area contributed by atoms with Gasteiger partial charge in [-0.05, 0) is 78.1 Å². The molecule has 0 heterocycles. The zero-order valence-electron chi connectivity index (χ0n) is 22.0. The molecule has 0 bridgehead atoms. The van der Waals surface area contributed by atoms with Crippen molar-refractivity contribution < 1.29 is 14.3 Å². The molecule has 4 aromatic carbocycles. The number of nitriles is 1. The van der Waals surface area contributed by atoms with Crippen LogP contribution in [0.5, 0.6) is 11.5 Å². The molecule has 0 radical (unpaired) electrons. The number of benzene rings is 4. The third-order valence-electron chi connectivity index (χ3n) is 6.18. The van der Waals surface area contributed by atoms with E-state index in [4.69, 9.17) is 21.1 Å². The van der Waals surface area contributed by atoms with Crippen LogP contribution in [0.1, 0.15) is 29.2 Å². The lowest BCUT2D eigenvalue weighted by atomic mass is 10.0. The fraction of sp³-hybridized carbons (Fsp3) is 0.152. The van der Waals surface area contributed by atoms with Crippen LogP contribution >= 0.6 is 11.6 Å². The Kier molecular flexibility index (Phi) is 9.04. The van der Waals surface area contributed by atoms with Crippen molar-refractivity contribution in [2.24, 2.45) is 0 Å². The Balaban J connectivity index is 1.65. The second kappa shape index (κ2) is 12.8. The van der Waals surface area contributed by atoms with Crippen LogP contribution < -0.4 is 14.8 Å². The Hall–Kier alpha value is -4.53. The molecule has 0 aliphatic rings. The molecule has 4 aromatic rings. The van der Waals surface area contributed by atoms with Crippen LogP contribution in [0.4, 0.5) is 5.69 Å². The summed E-state index contributed by atoms with van der Waals surface area (Å²) in [5.41, 5.74) is 3.89. The first kappa shape index (κ1) is 27.5. The van der Waals surface area contributed by atoms with Crippen LogP contribution in [0.25, 0.3) is 16.8 Å². The summed E-state index contributed by atoms with van der Waals surface area (Å²) in [5.74, 6) is 0.613. The number of nitrogens with zero attached hydrogens (tertiary/aromatic N) is 1. The Bertz CT molecular complexity index is 1600. The topological polar surface area (TPSA) is 71.4 Å². The Morgan fingerprint density at radius 2 is 1.85 bits per heavy atom. The SMILES string of the molecule is C=CCc1cc(/C=C(/C#N)C(=O)Nc2ccc(C)c(Cl)c2)cc(OCC)c1OCc1cccc2ccccc12. The minimum Gasteiger partial charge on any atom is -0.490 e. The van der Waals surface area contributed by atoms with E-state index in [0.717, 1.165) is 27.5 Å². The van der Waals surface area contributed by atoms with Crippen LogP contribution in [0, 0.1) is 18.3 Å². The van der Waals surface area contributed by atoms with Gasteiger partial charge < -0.3 is 14.8 Å². The Labute approximate surface area is 233 Å². The number of aryl methyl sites for hydroxylation is 1. The minimum atomic E-state index is -0.531. The standard InChI is InChI=1S/C33H29ClN2O3/c1-4-9-25-16-23(17-27(20-35)33(37)36-28-15-14-22(3)30(34)19-28)18-31(38-5-2)32(25)39-21-26-12-8-11-24-10-6-7-13-29(24)26/h4,6-8,10-19H,1,5,9,21H2,2-3H3,(H,36,37)/b27-17-. The second-order valence-electron chi connectivity index (χ2n) is 8.95. The average Bonchev–Trinajstić information content (AvgIpc) is 2.93. The van der Waals surface area contributed by atoms with Gasteiger partial charge in [-0.25, -0.2) is 0 Å². The van der Waals surface area contributed by atoms with Crippen LogP contribution in [0.2, 0.25) is 5.02 Å². The normalized spacial score (nSPS) is 11.1. The summed E-state index contributed by atoms with van der Waals surface area (Å²) in [6, 6.07) is 25.2. The number of fused-ring (bicyclic) bond motifs is 1. The molecule has 0 saturated heterocycles. The van der Waals surface area contributed by atoms with E-state index in [1.54, 1.807) is 30.3 Å². The van der Waals surface area contributed by atoms with Crippen molar-refractivity contribution in [1.29, 1.82) is 5.26 Å². The first-order chi connectivity index (χ1) is 18.9. The molecule has 39 heavy (non-hydrogen) atoms. The molecule has 1 N–H and O–H groups in total. The van der Waals surface area contributed by atoms with E-state index in [2.05, 4.69) is 30.1 Å². The van der Waals surface area contributed by atoms with Gasteiger partial charge in [-0.15, -0.1) is 6.58 Å². The van der Waals surface area contributed by atoms with E-state index >= 15 is 0 Å². The van der Waals surface area contributed by atoms with Crippen molar-refractivity contribution in [3.8, 4) is 17.6 Å². The molecular formula is C33H29ClN2O3. The van der Waals surface area contributed by atoms with Gasteiger partial charge in [0.15, 0.2) is 11.5 Å². The molecular weight excluding hydrogens is 508 g/mol. The van der Waals surface area contributed by atoms with E-state index in [0.29, 0.717) is 47.4 Å². The Morgan fingerprint density at radius 3 is 2.59 bits per heavy atom. The summed E-state index contributed by atoms with van der Waals surface area (Å²) in [6.45, 7) is 8.43. The fourth-order valence-electron chi connectivity index (χ4n) is 4.25. The smallest absolute Gasteiger partial charge is 0.266 e. The molecule has 0 atom stereocenters. The monoisotopic (exact) mass is 536 g/mol. The largest absolute Gasteiger partial charge is 0.490 e. The third-order valence-corrected chi connectivity index (χ3v) is 6.58. The molecule has 0 aromatic heterocycles. The number of hydrogen-bond donors (Lipinski definition) is 1. The van der Waals surface area contributed by atoms with Crippen molar-refractivity contribution in [2.75, 3.05) is 11.9 Å². The van der Waals surface area contributed by atoms with Gasteiger partial charge in [-0.1, -0.05) is 66.2 Å². The lowest BCUT2D eigenvalue weighted by molar-refractivity contribution is -0.112. The first-order valence-electron chi connectivity index (χ1n) is 12.6. The van der Waals surface area contributed by atoms with Crippen molar-refractivity contribution in [3.63, 3.8) is 0 Å². The second-order valence-corrected chi connectivity index (χ2v) is 9.36. The summed E-state index contributed by atoms with van der Waals surface area (Å²) in [6.07, 6.45) is 3.83. The zero-order chi connectivity index (χ0) is 27.8. The maximum atomic E-state index is 12.9. The number of allylic oxidation sites excluding steroid dienone is 1. The van der Waals surface area contributed by atoms with E-state index in [-0.39, 0.29) is 5.57 Å². The molecule has 1 amide bonds. The lowest BCUT2D eigenvalue weighted by Crippen LogP contribution is -2.13. The fourth-order valence-corrected chi connectivity index (χ4v) is 4.43. The van der Waals surface area contributed by atoms with Gasteiger partial charge in [0.2, 0.25) is 0 Å². The van der Waals surface area contributed by atoms with Crippen LogP contribution in [-0.4, -0.2) is 12.5 Å². The van der Waals surface area contributed by atoms with Crippen LogP contribution in [-0.2, 0) is 17.8 Å². The van der Waals surface area contributed by atoms with E-state index in [1.807, 2.05) is 50.2 Å². The van der Waals surface area contributed by atoms with Crippen LogP contribution in [0.3, 0.4) is 0 Å². The van der Waals surface area contributed by atoms with Gasteiger partial charge in [-0.2, -0.15) is 5.26 Å². The van der Waals surface area contributed by atoms with E-state index in [9.17, 15) is 10.1 Å². The summed E-state index contributed by atoms with van der Waals surface area (Å²) in [5, 5.41) is 15.3. The molecule has 0 saturated carbocycles. The maximum absolute atomic E-state index is 12.9. The number of rotatable bonds is 10. The molecule has 0 fully saturated rings. The quantitative estimate of drug-likeness (QED) is 0.126. The number of nitrogens with one attached hydrogen (secondary N) is 1. The molecule has 0 spiro atoms. The average molecular weight is 537 g/mol. The van der Waals surface area contributed by atoms with E-state index in [1.165, 1.54) is 6.08 Å². The summed E-state index contributed by atoms with van der Waals surface area (Å²) < 4.78 is 12.3. The molecule has 6 heteroatoms. The van der Waals surface area contributed by atoms with Gasteiger partial charge in [0.25, 0.3) is 5.91 Å². The van der Waals surface area contributed by atoms with Crippen molar-refractivity contribution in [1.82, 2.24) is 0 Å². The molecule has 4 rings (SSSR count). The summed E-state index contributed by atoms with van der Waals surface area (Å²) >= 11 is 6.18. The highest BCUT2D eigenvalue weighted by atomic mass is 35.5. The Morgan fingerprint density at radius 1 is 1.05 bits per heavy atom. The predicted octanol–water partition coefficient (Wildman–Crippen LogP) is 8.05. The first-order valence-corrected chi connectivity index (χ1v) is 13.0. The minimum absolute atomic E-state index is 0.0527. The van der Waals surface area contributed by atoms with E-state index < -0.39 is 5.91 Å². The molecule has 196 valence electrons. The van der Waals surface area contributed by atoms with Gasteiger partial charge in [0, 0.05) is 16.3 Å². The predicted molar refractivity (Wildman–Crippen MR) is 158 cm³/mol. The zero-order valence-corrected chi connectivity index (χ0v) is 22.7. The number of halogens is 1. The highest BCUT2D eigenvalue weighted by Crippen LogP contribution is 2.36. The number of amides is 1. The molecule has 0 aliphatic heterocycles. The third kappa shape index (κ3) is 6.67. The van der Waals surface area contributed by atoms with Crippen LogP contribution in [0.15, 0.2) is 91.0 Å². The number of anilines is 1. The maximum Gasteiger partial charge on any atom is 0.266 e. The molecule has 0 unspecified atom stereocenters. The summed E-state index contributed by atoms with van der Waals surface area (Å²) in [4.78, 5) is 12.9. The lowest BCUT2D eigenvalue weighted by Gasteiger charge is -2.17. The highest BCUT2D eigenvalue weighted by molar-refractivity contribution is 6.31. The van der Waals surface area contributed by atoms with Gasteiger partial charge in [0.05, 0.1) is 6.61 Å². The van der Waals surface area contributed by atoms with Crippen molar-refractivity contribution in [3.05, 3.63) is 118 Å². The number of carbonyl (C=O) groups excluding carboxylic acids is 1. The van der Waals surface area contributed by atoms with Gasteiger partial charge in [0.1, 0.15) is 18.2 Å². The number of carbonyl (C=O) groups is 1. The number of ether oxygens (including phenoxy) is 2. The van der Waals surface area contributed by atoms with Gasteiger partial charge in [-0.3, -0.25) is 4.79 Å². The molecule has 5 nitrogen and oxygen atoms in total. The van der Waals surface area contributed by atoms with Crippen molar-refractivity contribution >= 4 is 40.0 Å².